The van der Waals surface area contributed by atoms with Gasteiger partial charge in [0.15, 0.2) is 0 Å². The Morgan fingerprint density at radius 3 is 2.79 bits per heavy atom. The fourth-order valence-electron chi connectivity index (χ4n) is 2.05. The predicted octanol–water partition coefficient (Wildman–Crippen LogP) is 2.13. The van der Waals surface area contributed by atoms with Crippen LogP contribution in [0.1, 0.15) is 24.5 Å². The van der Waals surface area contributed by atoms with Crippen molar-refractivity contribution in [3.8, 4) is 0 Å². The van der Waals surface area contributed by atoms with Gasteiger partial charge >= 0.3 is 0 Å². The lowest BCUT2D eigenvalue weighted by Gasteiger charge is -2.31. The summed E-state index contributed by atoms with van der Waals surface area (Å²) in [6.07, 6.45) is 2.60. The predicted molar refractivity (Wildman–Crippen MR) is 57.2 cm³/mol. The maximum absolute atomic E-state index is 5.80. The first-order chi connectivity index (χ1) is 6.92. The van der Waals surface area contributed by atoms with Crippen molar-refractivity contribution >= 4 is 0 Å². The summed E-state index contributed by atoms with van der Waals surface area (Å²) in [5.74, 6) is 0. The Bertz CT molecular complexity index is 273. The van der Waals surface area contributed by atoms with Gasteiger partial charge in [0.25, 0.3) is 0 Å². The lowest BCUT2D eigenvalue weighted by atomic mass is 9.96. The second-order valence-corrected chi connectivity index (χ2v) is 3.74. The second-order valence-electron chi connectivity index (χ2n) is 3.74. The summed E-state index contributed by atoms with van der Waals surface area (Å²) < 4.78 is 5.80. The van der Waals surface area contributed by atoms with E-state index in [-0.39, 0.29) is 6.10 Å². The summed E-state index contributed by atoms with van der Waals surface area (Å²) in [6, 6.07) is 10.9. The Labute approximate surface area is 85.3 Å². The summed E-state index contributed by atoms with van der Waals surface area (Å²) in [6.45, 7) is 0.887. The Morgan fingerprint density at radius 1 is 1.29 bits per heavy atom. The van der Waals surface area contributed by atoms with Crippen molar-refractivity contribution in [1.82, 2.24) is 5.32 Å². The highest BCUT2D eigenvalue weighted by Crippen LogP contribution is 2.27. The van der Waals surface area contributed by atoms with Crippen LogP contribution in [0.2, 0.25) is 0 Å². The van der Waals surface area contributed by atoms with Crippen LogP contribution >= 0.6 is 0 Å². The molecule has 2 rings (SSSR count). The SMILES string of the molecule is CN[C@H]1CCCO[C@H]1c1ccccc1. The number of rotatable bonds is 2. The smallest absolute Gasteiger partial charge is 0.0977 e. The average Bonchev–Trinajstić information content (AvgIpc) is 2.30. The average molecular weight is 191 g/mol. The number of nitrogens with one attached hydrogen (secondary N) is 1. The third-order valence-electron chi connectivity index (χ3n) is 2.82. The van der Waals surface area contributed by atoms with Gasteiger partial charge in [0.2, 0.25) is 0 Å². The van der Waals surface area contributed by atoms with E-state index in [1.165, 1.54) is 12.0 Å². The Hall–Kier alpha value is -0.860. The maximum Gasteiger partial charge on any atom is 0.0977 e. The van der Waals surface area contributed by atoms with Crippen LogP contribution in [0.25, 0.3) is 0 Å². The largest absolute Gasteiger partial charge is 0.372 e. The molecule has 1 N–H and O–H groups in total. The molecule has 0 bridgehead atoms. The van der Waals surface area contributed by atoms with Gasteiger partial charge in [-0.05, 0) is 25.5 Å². The van der Waals surface area contributed by atoms with Gasteiger partial charge < -0.3 is 10.1 Å². The van der Waals surface area contributed by atoms with E-state index in [0.717, 1.165) is 13.0 Å². The van der Waals surface area contributed by atoms with Crippen molar-refractivity contribution in [3.05, 3.63) is 35.9 Å². The van der Waals surface area contributed by atoms with Crippen molar-refractivity contribution in [2.75, 3.05) is 13.7 Å². The molecule has 14 heavy (non-hydrogen) atoms. The molecule has 1 saturated heterocycles. The Balaban J connectivity index is 2.15. The molecule has 2 atom stereocenters. The molecule has 1 fully saturated rings. The topological polar surface area (TPSA) is 21.3 Å². The van der Waals surface area contributed by atoms with Gasteiger partial charge in [-0.1, -0.05) is 30.3 Å². The number of ether oxygens (including phenoxy) is 1. The first-order valence-electron chi connectivity index (χ1n) is 5.25. The number of benzene rings is 1. The zero-order chi connectivity index (χ0) is 9.80. The van der Waals surface area contributed by atoms with E-state index < -0.39 is 0 Å². The third kappa shape index (κ3) is 1.97. The fourth-order valence-corrected chi connectivity index (χ4v) is 2.05. The zero-order valence-electron chi connectivity index (χ0n) is 8.57. The van der Waals surface area contributed by atoms with E-state index in [1.54, 1.807) is 0 Å². The summed E-state index contributed by atoms with van der Waals surface area (Å²) in [7, 11) is 2.01. The lowest BCUT2D eigenvalue weighted by molar-refractivity contribution is -0.00854. The first-order valence-corrected chi connectivity index (χ1v) is 5.25. The van der Waals surface area contributed by atoms with Gasteiger partial charge in [0.05, 0.1) is 6.10 Å². The van der Waals surface area contributed by atoms with Crippen LogP contribution in [-0.4, -0.2) is 19.7 Å². The van der Waals surface area contributed by atoms with Gasteiger partial charge in [-0.15, -0.1) is 0 Å². The molecule has 0 aromatic heterocycles. The van der Waals surface area contributed by atoms with Gasteiger partial charge in [-0.3, -0.25) is 0 Å². The molecule has 0 saturated carbocycles. The van der Waals surface area contributed by atoms with E-state index in [4.69, 9.17) is 4.74 Å². The number of hydrogen-bond acceptors (Lipinski definition) is 2. The molecule has 0 unspecified atom stereocenters. The van der Waals surface area contributed by atoms with E-state index in [1.807, 2.05) is 13.1 Å². The summed E-state index contributed by atoms with van der Waals surface area (Å²) in [5.41, 5.74) is 1.28. The van der Waals surface area contributed by atoms with Crippen LogP contribution in [0, 0.1) is 0 Å². The Morgan fingerprint density at radius 2 is 2.07 bits per heavy atom. The van der Waals surface area contributed by atoms with Crippen LogP contribution in [-0.2, 0) is 4.74 Å². The molecule has 0 spiro atoms. The second kappa shape index (κ2) is 4.58. The van der Waals surface area contributed by atoms with Crippen molar-refractivity contribution < 1.29 is 4.74 Å². The van der Waals surface area contributed by atoms with Crippen LogP contribution in [0.15, 0.2) is 30.3 Å². The maximum atomic E-state index is 5.80. The third-order valence-corrected chi connectivity index (χ3v) is 2.82. The van der Waals surface area contributed by atoms with E-state index in [0.29, 0.717) is 6.04 Å². The molecule has 1 heterocycles. The van der Waals surface area contributed by atoms with Gasteiger partial charge in [0.1, 0.15) is 0 Å². The fraction of sp³-hybridized carbons (Fsp3) is 0.500. The normalized spacial score (nSPS) is 27.5. The van der Waals surface area contributed by atoms with E-state index in [9.17, 15) is 0 Å². The highest BCUT2D eigenvalue weighted by atomic mass is 16.5. The molecule has 1 aliphatic heterocycles. The van der Waals surface area contributed by atoms with Gasteiger partial charge in [-0.25, -0.2) is 0 Å². The molecule has 1 aromatic carbocycles. The van der Waals surface area contributed by atoms with E-state index in [2.05, 4.69) is 29.6 Å². The monoisotopic (exact) mass is 191 g/mol. The molecule has 76 valence electrons. The molecular weight excluding hydrogens is 174 g/mol. The van der Waals surface area contributed by atoms with Crippen LogP contribution < -0.4 is 5.32 Å². The molecule has 0 radical (unpaired) electrons. The van der Waals surface area contributed by atoms with Crippen molar-refractivity contribution in [3.63, 3.8) is 0 Å². The molecule has 1 aromatic rings. The first kappa shape index (κ1) is 9.69. The molecule has 2 heteroatoms. The van der Waals surface area contributed by atoms with Crippen LogP contribution in [0.4, 0.5) is 0 Å². The minimum Gasteiger partial charge on any atom is -0.372 e. The van der Waals surface area contributed by atoms with Gasteiger partial charge in [0, 0.05) is 12.6 Å². The highest BCUT2D eigenvalue weighted by molar-refractivity contribution is 5.19. The Kier molecular flexibility index (Phi) is 3.17. The minimum atomic E-state index is 0.231. The van der Waals surface area contributed by atoms with Gasteiger partial charge in [-0.2, -0.15) is 0 Å². The molecule has 2 nitrogen and oxygen atoms in total. The van der Waals surface area contributed by atoms with Crippen molar-refractivity contribution in [1.29, 1.82) is 0 Å². The number of likely N-dealkylation sites (N-methyl/N-ethyl adjacent to an activating group) is 1. The quantitative estimate of drug-likeness (QED) is 0.773. The summed E-state index contributed by atoms with van der Waals surface area (Å²) in [5, 5.41) is 3.33. The lowest BCUT2D eigenvalue weighted by Crippen LogP contribution is -2.37. The molecule has 1 aliphatic rings. The summed E-state index contributed by atoms with van der Waals surface area (Å²) >= 11 is 0. The summed E-state index contributed by atoms with van der Waals surface area (Å²) in [4.78, 5) is 0. The van der Waals surface area contributed by atoms with Crippen LogP contribution in [0.3, 0.4) is 0 Å². The molecule has 0 aliphatic carbocycles. The molecule has 0 amide bonds. The highest BCUT2D eigenvalue weighted by Gasteiger charge is 2.25. The minimum absolute atomic E-state index is 0.231. The zero-order valence-corrected chi connectivity index (χ0v) is 8.57. The van der Waals surface area contributed by atoms with Crippen molar-refractivity contribution in [2.24, 2.45) is 0 Å². The number of hydrogen-bond donors (Lipinski definition) is 1. The van der Waals surface area contributed by atoms with Crippen molar-refractivity contribution in [2.45, 2.75) is 25.0 Å². The van der Waals surface area contributed by atoms with E-state index >= 15 is 0 Å². The molecular formula is C12H17NO. The standard InChI is InChI=1S/C12H17NO/c1-13-11-8-5-9-14-12(11)10-6-3-2-4-7-10/h2-4,6-7,11-13H,5,8-9H2,1H3/t11-,12-/m0/s1. The van der Waals surface area contributed by atoms with Crippen LogP contribution in [0.5, 0.6) is 0 Å².